The summed E-state index contributed by atoms with van der Waals surface area (Å²) in [6, 6.07) is 8.32. The maximum absolute atomic E-state index is 5.36. The predicted octanol–water partition coefficient (Wildman–Crippen LogP) is 1.75. The van der Waals surface area contributed by atoms with Crippen molar-refractivity contribution in [2.24, 2.45) is 10.9 Å². The quantitative estimate of drug-likeness (QED) is 0.553. The summed E-state index contributed by atoms with van der Waals surface area (Å²) in [5, 5.41) is 3.63. The third-order valence-electron chi connectivity index (χ3n) is 6.08. The first kappa shape index (κ1) is 21.7. The zero-order valence-electron chi connectivity index (χ0n) is 18.3. The second-order valence-corrected chi connectivity index (χ2v) is 7.88. The molecule has 0 amide bonds. The number of nitrogens with one attached hydrogen (secondary N) is 1. The number of piperidine rings is 1. The maximum atomic E-state index is 5.36. The number of rotatable bonds is 7. The van der Waals surface area contributed by atoms with E-state index in [0.717, 1.165) is 63.5 Å². The van der Waals surface area contributed by atoms with Gasteiger partial charge in [-0.2, -0.15) is 0 Å². The van der Waals surface area contributed by atoms with Crippen molar-refractivity contribution < 1.29 is 9.47 Å². The van der Waals surface area contributed by atoms with Gasteiger partial charge < -0.3 is 29.5 Å². The molecule has 7 nitrogen and oxygen atoms in total. The number of nitrogens with zero attached hydrogens (tertiary/aromatic N) is 4. The number of hydrogen-bond donors (Lipinski definition) is 1. The molecule has 0 radical (unpaired) electrons. The lowest BCUT2D eigenvalue weighted by Crippen LogP contribution is -2.53. The highest BCUT2D eigenvalue weighted by molar-refractivity contribution is 5.80. The van der Waals surface area contributed by atoms with Crippen molar-refractivity contribution in [3.05, 3.63) is 24.3 Å². The van der Waals surface area contributed by atoms with Gasteiger partial charge >= 0.3 is 0 Å². The summed E-state index contributed by atoms with van der Waals surface area (Å²) in [6.45, 7) is 9.19. The number of ether oxygens (including phenoxy) is 2. The van der Waals surface area contributed by atoms with Crippen LogP contribution in [0.4, 0.5) is 5.69 Å². The van der Waals surface area contributed by atoms with E-state index in [1.54, 1.807) is 14.2 Å². The van der Waals surface area contributed by atoms with Gasteiger partial charge in [0, 0.05) is 65.2 Å². The molecule has 29 heavy (non-hydrogen) atoms. The van der Waals surface area contributed by atoms with Gasteiger partial charge in [0.25, 0.3) is 0 Å². The van der Waals surface area contributed by atoms with Gasteiger partial charge in [0.1, 0.15) is 5.75 Å². The van der Waals surface area contributed by atoms with Crippen LogP contribution in [0.25, 0.3) is 0 Å². The zero-order chi connectivity index (χ0) is 20.5. The summed E-state index contributed by atoms with van der Waals surface area (Å²) in [5.74, 6) is 2.68. The first-order valence-electron chi connectivity index (χ1n) is 10.8. The Kier molecular flexibility index (Phi) is 8.43. The number of guanidine groups is 1. The molecular formula is C22H37N5O2. The van der Waals surface area contributed by atoms with E-state index in [-0.39, 0.29) is 0 Å². The normalized spacial score (nSPS) is 19.5. The van der Waals surface area contributed by atoms with E-state index < -0.39 is 0 Å². The Morgan fingerprint density at radius 1 is 1.10 bits per heavy atom. The van der Waals surface area contributed by atoms with Crippen LogP contribution < -0.4 is 15.0 Å². The third-order valence-corrected chi connectivity index (χ3v) is 6.08. The molecule has 0 saturated carbocycles. The van der Waals surface area contributed by atoms with Crippen molar-refractivity contribution in [1.29, 1.82) is 0 Å². The maximum Gasteiger partial charge on any atom is 0.193 e. The fraction of sp³-hybridized carbons (Fsp3) is 0.682. The van der Waals surface area contributed by atoms with Gasteiger partial charge in [-0.1, -0.05) is 6.07 Å². The number of piperazine rings is 1. The van der Waals surface area contributed by atoms with Crippen LogP contribution in [0.1, 0.15) is 12.8 Å². The lowest BCUT2D eigenvalue weighted by molar-refractivity contribution is 0.120. The topological polar surface area (TPSA) is 52.6 Å². The van der Waals surface area contributed by atoms with E-state index in [4.69, 9.17) is 9.47 Å². The molecule has 2 fully saturated rings. The van der Waals surface area contributed by atoms with E-state index in [2.05, 4.69) is 43.2 Å². The summed E-state index contributed by atoms with van der Waals surface area (Å²) in [7, 11) is 5.39. The van der Waals surface area contributed by atoms with Crippen molar-refractivity contribution >= 4 is 11.6 Å². The number of anilines is 1. The van der Waals surface area contributed by atoms with Crippen LogP contribution in [0.3, 0.4) is 0 Å². The summed E-state index contributed by atoms with van der Waals surface area (Å²) in [5.41, 5.74) is 1.23. The van der Waals surface area contributed by atoms with Gasteiger partial charge in [0.15, 0.2) is 5.96 Å². The number of hydrogen-bond acceptors (Lipinski definition) is 5. The highest BCUT2D eigenvalue weighted by atomic mass is 16.5. The minimum absolute atomic E-state index is 0.726. The Balaban J connectivity index is 1.41. The summed E-state index contributed by atoms with van der Waals surface area (Å²) < 4.78 is 10.6. The molecule has 2 heterocycles. The number of benzene rings is 1. The van der Waals surface area contributed by atoms with Crippen LogP contribution in [0.5, 0.6) is 5.75 Å². The molecule has 7 heteroatoms. The van der Waals surface area contributed by atoms with Gasteiger partial charge in [-0.05, 0) is 44.0 Å². The largest absolute Gasteiger partial charge is 0.497 e. The minimum atomic E-state index is 0.726. The molecule has 0 spiro atoms. The van der Waals surface area contributed by atoms with E-state index in [0.29, 0.717) is 0 Å². The summed E-state index contributed by atoms with van der Waals surface area (Å²) in [6.07, 6.45) is 2.49. The molecule has 0 aromatic heterocycles. The molecule has 2 aliphatic rings. The Bertz CT molecular complexity index is 638. The Morgan fingerprint density at radius 2 is 1.86 bits per heavy atom. The molecule has 0 bridgehead atoms. The van der Waals surface area contributed by atoms with Crippen molar-refractivity contribution in [2.45, 2.75) is 12.8 Å². The van der Waals surface area contributed by atoms with Crippen molar-refractivity contribution in [1.82, 2.24) is 15.1 Å². The van der Waals surface area contributed by atoms with Crippen LogP contribution >= 0.6 is 0 Å². The van der Waals surface area contributed by atoms with Crippen LogP contribution in [0.15, 0.2) is 29.3 Å². The molecular weight excluding hydrogens is 366 g/mol. The van der Waals surface area contributed by atoms with Gasteiger partial charge in [0.05, 0.1) is 13.7 Å². The molecule has 0 atom stereocenters. The van der Waals surface area contributed by atoms with Crippen LogP contribution in [-0.4, -0.2) is 96.0 Å². The fourth-order valence-electron chi connectivity index (χ4n) is 4.19. The van der Waals surface area contributed by atoms with Gasteiger partial charge in [-0.3, -0.25) is 4.99 Å². The molecule has 1 N–H and O–H groups in total. The Morgan fingerprint density at radius 3 is 2.52 bits per heavy atom. The van der Waals surface area contributed by atoms with Gasteiger partial charge in [0.2, 0.25) is 0 Å². The summed E-state index contributed by atoms with van der Waals surface area (Å²) in [4.78, 5) is 11.8. The molecule has 3 rings (SSSR count). The fourth-order valence-corrected chi connectivity index (χ4v) is 4.19. The van der Waals surface area contributed by atoms with Crippen molar-refractivity contribution in [3.8, 4) is 5.75 Å². The van der Waals surface area contributed by atoms with E-state index in [1.165, 1.54) is 31.6 Å². The van der Waals surface area contributed by atoms with Crippen LogP contribution in [0.2, 0.25) is 0 Å². The Hall–Kier alpha value is -1.99. The summed E-state index contributed by atoms with van der Waals surface area (Å²) >= 11 is 0. The molecule has 1 aromatic rings. The van der Waals surface area contributed by atoms with Crippen molar-refractivity contribution in [2.75, 3.05) is 85.1 Å². The highest BCUT2D eigenvalue weighted by Crippen LogP contribution is 2.22. The SMILES string of the molecule is CN=C(NCC1CCN(CCOC)CC1)N1CCN(c2cccc(OC)c2)CC1. The second kappa shape index (κ2) is 11.3. The zero-order valence-corrected chi connectivity index (χ0v) is 18.3. The molecule has 0 aliphatic carbocycles. The average Bonchev–Trinajstić information content (AvgIpc) is 2.79. The van der Waals surface area contributed by atoms with Crippen LogP contribution in [0, 0.1) is 5.92 Å². The molecule has 0 unspecified atom stereocenters. The average molecular weight is 404 g/mol. The minimum Gasteiger partial charge on any atom is -0.497 e. The van der Waals surface area contributed by atoms with Gasteiger partial charge in [-0.25, -0.2) is 0 Å². The highest BCUT2D eigenvalue weighted by Gasteiger charge is 2.22. The first-order chi connectivity index (χ1) is 14.2. The Labute approximate surface area is 175 Å². The number of aliphatic imine (C=N–C) groups is 1. The standard InChI is InChI=1S/C22H37N5O2/c1-23-22(24-18-19-7-9-25(10-8-19)15-16-28-2)27-13-11-26(12-14-27)20-5-4-6-21(17-20)29-3/h4-6,17,19H,7-16,18H2,1-3H3,(H,23,24). The van der Waals surface area contributed by atoms with Crippen LogP contribution in [-0.2, 0) is 4.74 Å². The molecule has 2 saturated heterocycles. The lowest BCUT2D eigenvalue weighted by Gasteiger charge is -2.38. The number of methoxy groups -OCH3 is 2. The van der Waals surface area contributed by atoms with Crippen molar-refractivity contribution in [3.63, 3.8) is 0 Å². The van der Waals surface area contributed by atoms with Gasteiger partial charge in [-0.15, -0.1) is 0 Å². The first-order valence-corrected chi connectivity index (χ1v) is 10.8. The smallest absolute Gasteiger partial charge is 0.193 e. The second-order valence-electron chi connectivity index (χ2n) is 7.88. The molecule has 1 aromatic carbocycles. The van der Waals surface area contributed by atoms with E-state index >= 15 is 0 Å². The third kappa shape index (κ3) is 6.24. The number of likely N-dealkylation sites (tertiary alicyclic amines) is 1. The molecule has 2 aliphatic heterocycles. The predicted molar refractivity (Wildman–Crippen MR) is 119 cm³/mol. The monoisotopic (exact) mass is 403 g/mol. The van der Waals surface area contributed by atoms with E-state index in [1.807, 2.05) is 13.1 Å². The molecule has 162 valence electrons. The lowest BCUT2D eigenvalue weighted by atomic mass is 9.97. The van der Waals surface area contributed by atoms with E-state index in [9.17, 15) is 0 Å².